The van der Waals surface area contributed by atoms with E-state index in [4.69, 9.17) is 45.9 Å². The zero-order valence-electron chi connectivity index (χ0n) is 78.8. The van der Waals surface area contributed by atoms with Gasteiger partial charge in [0.25, 0.3) is 0 Å². The number of rotatable bonds is 0. The van der Waals surface area contributed by atoms with Crippen molar-refractivity contribution in [3.8, 4) is 0 Å². The highest BCUT2D eigenvalue weighted by Gasteiger charge is 2.26. The molecule has 0 radical (unpaired) electrons. The summed E-state index contributed by atoms with van der Waals surface area (Å²) in [5.74, 6) is 3.21. The topological polar surface area (TPSA) is 324 Å². The van der Waals surface area contributed by atoms with Crippen LogP contribution >= 0.6 is 0 Å². The number of benzene rings is 8. The molecule has 8 aromatic heterocycles. The molecular formula is C108H138F3N17. The van der Waals surface area contributed by atoms with Gasteiger partial charge in [0.15, 0.2) is 5.82 Å². The standard InChI is InChI=1S/3C14H18N2.3C13H15FN2.C13H16N2.C12H15N3.2CH4/c1-9-8-16-13(15)11-6-5-10(7-12(9)11)14(2,3)4;1-9-7-11-10(5-6-16-13(11)15)8-12(9)14(2,3)4;1-9-10-7-8-16-13(15)11(10)5-6-12(9)14(2,3)4;1-13(2,3)10-6-8-4-5-16-12(15)9(8)7-11(10)14;1-13(2,3)9-6-8-4-5-16-12(15)11(8)10(14)7-9;1-13(2,3)10-5-4-9-8(11(10)14)6-7-16-12(9)15;1-13(2,3)10-4-5-11-9(8-10)6-7-15-12(11)14;1-12(2,3)9-4-5-10-8(6-9)7-14-15-11(10)13;;/h3*5-8H,1-4H3,(H2,15,16);3*4-7H,1-3H3,(H2,15,16);4-8H,1-3H3,(H2,14,15);4-7H,1-3H3,(H2,13,15);2*1H4. The number of hydrogen-bond acceptors (Lipinski definition) is 17. The minimum Gasteiger partial charge on any atom is -0.383 e. The smallest absolute Gasteiger partial charge is 0.153 e. The molecule has 8 aromatic carbocycles. The monoisotopic (exact) mass is 1730 g/mol. The van der Waals surface area contributed by atoms with Crippen molar-refractivity contribution in [3.63, 3.8) is 0 Å². The van der Waals surface area contributed by atoms with Gasteiger partial charge in [0.1, 0.15) is 58.2 Å². The summed E-state index contributed by atoms with van der Waals surface area (Å²) in [6, 6.07) is 49.4. The molecule has 16 aromatic rings. The normalized spacial score (nSPS) is 11.8. The second kappa shape index (κ2) is 40.0. The van der Waals surface area contributed by atoms with E-state index in [1.54, 1.807) is 61.4 Å². The first-order valence-corrected chi connectivity index (χ1v) is 42.5. The first-order valence-electron chi connectivity index (χ1n) is 42.5. The molecule has 0 aliphatic heterocycles. The maximum atomic E-state index is 14.3. The molecule has 0 fully saturated rings. The lowest BCUT2D eigenvalue weighted by Gasteiger charge is -2.22. The van der Waals surface area contributed by atoms with Crippen LogP contribution in [0.3, 0.4) is 0 Å². The Morgan fingerprint density at radius 2 is 0.586 bits per heavy atom. The Labute approximate surface area is 757 Å². The molecular weight excluding hydrogens is 1590 g/mol. The molecule has 0 aliphatic carbocycles. The maximum absolute atomic E-state index is 14.3. The van der Waals surface area contributed by atoms with Crippen LogP contribution in [0, 0.1) is 38.2 Å². The number of nitrogen functional groups attached to an aromatic ring is 8. The van der Waals surface area contributed by atoms with Crippen LogP contribution in [0.1, 0.15) is 242 Å². The van der Waals surface area contributed by atoms with Crippen molar-refractivity contribution >= 4 is 133 Å². The van der Waals surface area contributed by atoms with Gasteiger partial charge in [0.2, 0.25) is 0 Å². The number of hydrogen-bond donors (Lipinski definition) is 8. The van der Waals surface area contributed by atoms with Crippen LogP contribution in [0.25, 0.3) is 86.2 Å². The molecule has 17 nitrogen and oxygen atoms in total. The van der Waals surface area contributed by atoms with Crippen LogP contribution < -0.4 is 45.9 Å². The van der Waals surface area contributed by atoms with E-state index in [9.17, 15) is 13.2 Å². The highest BCUT2D eigenvalue weighted by molar-refractivity contribution is 5.98. The van der Waals surface area contributed by atoms with Gasteiger partial charge in [0, 0.05) is 91.9 Å². The van der Waals surface area contributed by atoms with Crippen LogP contribution in [-0.4, -0.2) is 45.1 Å². The third-order valence-electron chi connectivity index (χ3n) is 22.3. The lowest BCUT2D eigenvalue weighted by atomic mass is 9.82. The van der Waals surface area contributed by atoms with E-state index >= 15 is 0 Å². The molecule has 16 rings (SSSR count). The number of aryl methyl sites for hydroxylation is 3. The first-order chi connectivity index (χ1) is 58.4. The number of aromatic nitrogens is 9. The van der Waals surface area contributed by atoms with Gasteiger partial charge in [-0.25, -0.2) is 48.1 Å². The molecule has 20 heteroatoms. The molecule has 0 spiro atoms. The third kappa shape index (κ3) is 24.9. The van der Waals surface area contributed by atoms with E-state index < -0.39 is 0 Å². The highest BCUT2D eigenvalue weighted by atomic mass is 19.1. The average molecular weight is 1730 g/mol. The van der Waals surface area contributed by atoms with Crippen LogP contribution in [0.2, 0.25) is 0 Å². The van der Waals surface area contributed by atoms with Crippen LogP contribution in [0.15, 0.2) is 201 Å². The largest absolute Gasteiger partial charge is 0.383 e. The third-order valence-corrected chi connectivity index (χ3v) is 22.3. The quantitative estimate of drug-likeness (QED) is 0.0699. The SMILES string of the molecule is C.C.CC(C)(C)c1cc(F)c2c(N)nccc2c1.CC(C)(C)c1cc2ccnc(N)c2cc1F.CC(C)(C)c1ccc2c(N)nccc2c1.CC(C)(C)c1ccc2c(N)nccc2c1F.CC(C)(C)c1ccc2c(N)nncc2c1.Cc1c(C(C)(C)C)ccc2c(N)nccc12.Cc1cc2c(N)nccc2cc1C(C)(C)C.Cc1cnc(N)c2ccc(C(C)(C)C)cc12. The van der Waals surface area contributed by atoms with Gasteiger partial charge in [-0.3, -0.25) is 0 Å². The number of fused-ring (bicyclic) bond motifs is 8. The van der Waals surface area contributed by atoms with Crippen molar-refractivity contribution in [2.24, 2.45) is 0 Å². The average Bonchev–Trinajstić information content (AvgIpc) is 0.786. The van der Waals surface area contributed by atoms with Gasteiger partial charge in [0.05, 0.1) is 11.6 Å². The van der Waals surface area contributed by atoms with Crippen molar-refractivity contribution in [3.05, 3.63) is 280 Å². The van der Waals surface area contributed by atoms with E-state index in [-0.39, 0.29) is 81.4 Å². The lowest BCUT2D eigenvalue weighted by Crippen LogP contribution is -2.13. The molecule has 0 unspecified atom stereocenters. The van der Waals surface area contributed by atoms with E-state index in [0.29, 0.717) is 73.4 Å². The predicted molar refractivity (Wildman–Crippen MR) is 544 cm³/mol. The van der Waals surface area contributed by atoms with Gasteiger partial charge in [-0.1, -0.05) is 266 Å². The number of pyridine rings is 7. The molecule has 0 saturated heterocycles. The van der Waals surface area contributed by atoms with Gasteiger partial charge < -0.3 is 45.9 Å². The van der Waals surface area contributed by atoms with Crippen molar-refractivity contribution in [2.75, 3.05) is 45.9 Å². The number of nitrogens with zero attached hydrogens (tertiary/aromatic N) is 9. The van der Waals surface area contributed by atoms with Gasteiger partial charge >= 0.3 is 0 Å². The summed E-state index contributed by atoms with van der Waals surface area (Å²) in [7, 11) is 0. The molecule has 8 heterocycles. The molecule has 0 atom stereocenters. The Bertz CT molecular complexity index is 6250. The van der Waals surface area contributed by atoms with E-state index in [1.165, 1.54) is 72.9 Å². The number of anilines is 8. The fraction of sp³-hybridized carbons (Fsp3) is 0.343. The number of nitrogens with two attached hydrogens (primary N) is 8. The van der Waals surface area contributed by atoms with Gasteiger partial charge in [-0.05, 0) is 224 Å². The van der Waals surface area contributed by atoms with Crippen LogP contribution in [-0.2, 0) is 43.3 Å². The maximum Gasteiger partial charge on any atom is 0.153 e. The summed E-state index contributed by atoms with van der Waals surface area (Å²) in [5, 5.41) is 22.7. The summed E-state index contributed by atoms with van der Waals surface area (Å²) >= 11 is 0. The molecule has 0 bridgehead atoms. The molecule has 128 heavy (non-hydrogen) atoms. The summed E-state index contributed by atoms with van der Waals surface area (Å²) in [6.45, 7) is 57.6. The van der Waals surface area contributed by atoms with Crippen molar-refractivity contribution in [2.45, 2.75) is 245 Å². The lowest BCUT2D eigenvalue weighted by molar-refractivity contribution is 0.524. The Kier molecular flexibility index (Phi) is 32.0. The zero-order chi connectivity index (χ0) is 93.6. The predicted octanol–water partition coefficient (Wildman–Crippen LogP) is 26.9. The summed E-state index contributed by atoms with van der Waals surface area (Å²) < 4.78 is 42.1. The van der Waals surface area contributed by atoms with E-state index in [0.717, 1.165) is 54.0 Å². The second-order valence-electron chi connectivity index (χ2n) is 40.6. The molecule has 0 saturated carbocycles. The Morgan fingerprint density at radius 3 is 1.07 bits per heavy atom. The minimum absolute atomic E-state index is 0. The van der Waals surface area contributed by atoms with Crippen molar-refractivity contribution in [1.29, 1.82) is 0 Å². The van der Waals surface area contributed by atoms with Crippen LogP contribution in [0.4, 0.5) is 59.7 Å². The fourth-order valence-corrected chi connectivity index (χ4v) is 14.8. The van der Waals surface area contributed by atoms with E-state index in [1.807, 2.05) is 96.3 Å². The van der Waals surface area contributed by atoms with Crippen molar-refractivity contribution in [1.82, 2.24) is 45.1 Å². The Hall–Kier alpha value is -12.8. The summed E-state index contributed by atoms with van der Waals surface area (Å²) in [5.41, 5.74) is 59.3. The van der Waals surface area contributed by atoms with Gasteiger partial charge in [-0.2, -0.15) is 5.10 Å². The number of halogens is 3. The molecule has 0 amide bonds. The van der Waals surface area contributed by atoms with E-state index in [2.05, 4.69) is 263 Å². The molecule has 16 N–H and O–H groups in total. The van der Waals surface area contributed by atoms with Gasteiger partial charge in [-0.15, -0.1) is 5.10 Å². The molecule has 676 valence electrons. The van der Waals surface area contributed by atoms with Crippen LogP contribution in [0.5, 0.6) is 0 Å². The molecule has 0 aliphatic rings. The summed E-state index contributed by atoms with van der Waals surface area (Å²) in [6.07, 6.45) is 13.7. The minimum atomic E-state index is -0.298. The Morgan fingerprint density at radius 1 is 0.234 bits per heavy atom. The highest BCUT2D eigenvalue weighted by Crippen LogP contribution is 2.39. The fourth-order valence-electron chi connectivity index (χ4n) is 14.8. The first kappa shape index (κ1) is 102. The Balaban J connectivity index is 0.000000200. The summed E-state index contributed by atoms with van der Waals surface area (Å²) in [4.78, 5) is 28.3. The zero-order valence-corrected chi connectivity index (χ0v) is 78.8. The second-order valence-corrected chi connectivity index (χ2v) is 40.6. The van der Waals surface area contributed by atoms with Crippen molar-refractivity contribution < 1.29 is 13.2 Å².